The van der Waals surface area contributed by atoms with Crippen molar-refractivity contribution < 1.29 is 13.9 Å². The van der Waals surface area contributed by atoms with E-state index in [4.69, 9.17) is 16.3 Å². The van der Waals surface area contributed by atoms with Gasteiger partial charge in [0.05, 0.1) is 23.1 Å². The van der Waals surface area contributed by atoms with Gasteiger partial charge in [0.2, 0.25) is 11.1 Å². The van der Waals surface area contributed by atoms with Gasteiger partial charge in [-0.25, -0.2) is 4.39 Å². The minimum Gasteiger partial charge on any atom is -0.494 e. The van der Waals surface area contributed by atoms with Gasteiger partial charge in [0.1, 0.15) is 17.3 Å². The minimum atomic E-state index is -0.540. The van der Waals surface area contributed by atoms with Crippen molar-refractivity contribution in [1.29, 1.82) is 0 Å². The van der Waals surface area contributed by atoms with Gasteiger partial charge in [0.15, 0.2) is 0 Å². The molecule has 0 spiro atoms. The summed E-state index contributed by atoms with van der Waals surface area (Å²) in [7, 11) is 1.56. The Morgan fingerprint density at radius 1 is 1.32 bits per heavy atom. The monoisotopic (exact) mass is 421 g/mol. The lowest BCUT2D eigenvalue weighted by Gasteiger charge is -2.14. The number of aryl methyl sites for hydroxylation is 1. The lowest BCUT2D eigenvalue weighted by atomic mass is 10.2. The molecule has 0 bridgehead atoms. The summed E-state index contributed by atoms with van der Waals surface area (Å²) in [5, 5.41) is 14.4. The number of aromatic nitrogens is 4. The molecule has 3 rings (SSSR count). The first kappa shape index (κ1) is 20.1. The van der Waals surface area contributed by atoms with Gasteiger partial charge in [0.25, 0.3) is 0 Å². The van der Waals surface area contributed by atoms with E-state index >= 15 is 0 Å². The van der Waals surface area contributed by atoms with Crippen LogP contribution in [-0.2, 0) is 4.79 Å². The molecule has 0 aliphatic rings. The summed E-state index contributed by atoms with van der Waals surface area (Å²) < 4.78 is 20.1. The number of amides is 1. The molecular weight excluding hydrogens is 405 g/mol. The number of carbonyl (C=O) groups is 1. The van der Waals surface area contributed by atoms with Crippen LogP contribution in [0.4, 0.5) is 10.1 Å². The number of halogens is 2. The number of benzene rings is 2. The molecule has 0 radical (unpaired) electrons. The number of hydrogen-bond acceptors (Lipinski definition) is 6. The molecule has 0 aliphatic carbocycles. The highest BCUT2D eigenvalue weighted by Crippen LogP contribution is 2.30. The standard InChI is InChI=1S/C18H17ClFN5O2S/c1-10-4-7-16(27-3)15(8-10)25-18(22-23-24-25)28-11(2)17(26)21-14-6-5-12(20)9-13(14)19/h4-9,11H,1-3H3,(H,21,26)/t11-/m1/s1. The molecule has 0 saturated heterocycles. The SMILES string of the molecule is COc1ccc(C)cc1-n1nnnc1S[C@H](C)C(=O)Nc1ccc(F)cc1Cl. The van der Waals surface area contributed by atoms with Crippen molar-refractivity contribution in [3.63, 3.8) is 0 Å². The Balaban J connectivity index is 1.79. The zero-order valence-corrected chi connectivity index (χ0v) is 16.9. The Bertz CT molecular complexity index is 1010. The molecule has 146 valence electrons. The van der Waals surface area contributed by atoms with Gasteiger partial charge in [-0.1, -0.05) is 29.4 Å². The van der Waals surface area contributed by atoms with Crippen molar-refractivity contribution in [2.75, 3.05) is 12.4 Å². The third kappa shape index (κ3) is 4.42. The summed E-state index contributed by atoms with van der Waals surface area (Å²) in [5.41, 5.74) is 2.02. The number of hydrogen-bond donors (Lipinski definition) is 1. The van der Waals surface area contributed by atoms with Gasteiger partial charge in [-0.05, 0) is 60.2 Å². The molecule has 2 aromatic carbocycles. The van der Waals surface area contributed by atoms with E-state index < -0.39 is 11.1 Å². The Morgan fingerprint density at radius 3 is 2.82 bits per heavy atom. The quantitative estimate of drug-likeness (QED) is 0.608. The van der Waals surface area contributed by atoms with Crippen LogP contribution in [-0.4, -0.2) is 38.5 Å². The van der Waals surface area contributed by atoms with Crippen LogP contribution in [0, 0.1) is 12.7 Å². The van der Waals surface area contributed by atoms with E-state index in [2.05, 4.69) is 20.8 Å². The van der Waals surface area contributed by atoms with Crippen molar-refractivity contribution in [3.05, 3.63) is 52.8 Å². The van der Waals surface area contributed by atoms with E-state index in [1.54, 1.807) is 14.0 Å². The lowest BCUT2D eigenvalue weighted by molar-refractivity contribution is -0.115. The number of nitrogens with one attached hydrogen (secondary N) is 1. The third-order valence-electron chi connectivity index (χ3n) is 3.84. The van der Waals surface area contributed by atoms with E-state index in [0.29, 0.717) is 22.3 Å². The second-order valence-corrected chi connectivity index (χ2v) is 7.64. The lowest BCUT2D eigenvalue weighted by Crippen LogP contribution is -2.23. The van der Waals surface area contributed by atoms with Gasteiger partial charge < -0.3 is 10.1 Å². The number of carbonyl (C=O) groups excluding carboxylic acids is 1. The molecule has 1 amide bonds. The molecule has 7 nitrogen and oxygen atoms in total. The Morgan fingerprint density at radius 2 is 2.11 bits per heavy atom. The van der Waals surface area contributed by atoms with Crippen molar-refractivity contribution in [1.82, 2.24) is 20.2 Å². The Labute approximate surface area is 170 Å². The van der Waals surface area contributed by atoms with Crippen LogP contribution < -0.4 is 10.1 Å². The van der Waals surface area contributed by atoms with Crippen molar-refractivity contribution in [2.45, 2.75) is 24.3 Å². The third-order valence-corrected chi connectivity index (χ3v) is 5.19. The maximum atomic E-state index is 13.2. The number of tetrazole rings is 1. The van der Waals surface area contributed by atoms with Gasteiger partial charge in [-0.2, -0.15) is 4.68 Å². The van der Waals surface area contributed by atoms with Crippen LogP contribution >= 0.6 is 23.4 Å². The first-order valence-corrected chi connectivity index (χ1v) is 9.50. The van der Waals surface area contributed by atoms with E-state index in [-0.39, 0.29) is 10.9 Å². The van der Waals surface area contributed by atoms with Crippen LogP contribution in [0.25, 0.3) is 5.69 Å². The van der Waals surface area contributed by atoms with Gasteiger partial charge in [0, 0.05) is 0 Å². The molecule has 1 atom stereocenters. The molecule has 3 aromatic rings. The predicted octanol–water partition coefficient (Wildman–Crippen LogP) is 3.89. The van der Waals surface area contributed by atoms with E-state index in [9.17, 15) is 9.18 Å². The predicted molar refractivity (Wildman–Crippen MR) is 106 cm³/mol. The van der Waals surface area contributed by atoms with E-state index in [1.807, 2.05) is 25.1 Å². The normalized spacial score (nSPS) is 11.9. The fourth-order valence-corrected chi connectivity index (χ4v) is 3.42. The molecular formula is C18H17ClFN5O2S. The second-order valence-electron chi connectivity index (χ2n) is 5.92. The highest BCUT2D eigenvalue weighted by Gasteiger charge is 2.21. The Hall–Kier alpha value is -2.65. The summed E-state index contributed by atoms with van der Waals surface area (Å²) >= 11 is 7.14. The maximum absolute atomic E-state index is 13.2. The van der Waals surface area contributed by atoms with E-state index in [0.717, 1.165) is 11.6 Å². The molecule has 28 heavy (non-hydrogen) atoms. The van der Waals surface area contributed by atoms with Crippen LogP contribution in [0.15, 0.2) is 41.6 Å². The minimum absolute atomic E-state index is 0.125. The molecule has 10 heteroatoms. The van der Waals surface area contributed by atoms with Crippen molar-refractivity contribution in [3.8, 4) is 11.4 Å². The second kappa shape index (κ2) is 8.57. The number of anilines is 1. The first-order valence-electron chi connectivity index (χ1n) is 8.25. The zero-order chi connectivity index (χ0) is 20.3. The Kier molecular flexibility index (Phi) is 6.15. The smallest absolute Gasteiger partial charge is 0.237 e. The van der Waals surface area contributed by atoms with Gasteiger partial charge in [-0.3, -0.25) is 4.79 Å². The molecule has 0 saturated carbocycles. The van der Waals surface area contributed by atoms with Crippen LogP contribution in [0.5, 0.6) is 5.75 Å². The van der Waals surface area contributed by atoms with Crippen LogP contribution in [0.1, 0.15) is 12.5 Å². The summed E-state index contributed by atoms with van der Waals surface area (Å²) in [4.78, 5) is 12.5. The zero-order valence-electron chi connectivity index (χ0n) is 15.3. The average Bonchev–Trinajstić information content (AvgIpc) is 3.11. The summed E-state index contributed by atoms with van der Waals surface area (Å²) in [6.45, 7) is 3.66. The number of rotatable bonds is 6. The first-order chi connectivity index (χ1) is 13.4. The van der Waals surface area contributed by atoms with Crippen LogP contribution in [0.3, 0.4) is 0 Å². The number of methoxy groups -OCH3 is 1. The largest absolute Gasteiger partial charge is 0.494 e. The summed E-state index contributed by atoms with van der Waals surface area (Å²) in [6.07, 6.45) is 0. The number of thioether (sulfide) groups is 1. The average molecular weight is 422 g/mol. The van der Waals surface area contributed by atoms with Crippen molar-refractivity contribution in [2.24, 2.45) is 0 Å². The molecule has 1 heterocycles. The van der Waals surface area contributed by atoms with Gasteiger partial charge in [-0.15, -0.1) is 5.10 Å². The fourth-order valence-electron chi connectivity index (χ4n) is 2.41. The molecule has 0 unspecified atom stereocenters. The summed E-state index contributed by atoms with van der Waals surface area (Å²) in [6, 6.07) is 9.41. The number of ether oxygens (including phenoxy) is 1. The fraction of sp³-hybridized carbons (Fsp3) is 0.222. The van der Waals surface area contributed by atoms with E-state index in [1.165, 1.54) is 28.6 Å². The highest BCUT2D eigenvalue weighted by atomic mass is 35.5. The molecule has 0 fully saturated rings. The topological polar surface area (TPSA) is 81.9 Å². The van der Waals surface area contributed by atoms with Crippen LogP contribution in [0.2, 0.25) is 5.02 Å². The molecule has 0 aliphatic heterocycles. The molecule has 1 aromatic heterocycles. The maximum Gasteiger partial charge on any atom is 0.237 e. The van der Waals surface area contributed by atoms with Crippen molar-refractivity contribution >= 4 is 35.0 Å². The highest BCUT2D eigenvalue weighted by molar-refractivity contribution is 8.00. The summed E-state index contributed by atoms with van der Waals surface area (Å²) in [5.74, 6) is -0.184. The molecule has 1 N–H and O–H groups in total. The van der Waals surface area contributed by atoms with Gasteiger partial charge >= 0.3 is 0 Å². The number of nitrogens with zero attached hydrogens (tertiary/aromatic N) is 4.